The second-order valence-electron chi connectivity index (χ2n) is 7.14. The number of ether oxygens (including phenoxy) is 3. The van der Waals surface area contributed by atoms with Crippen LogP contribution in [0.3, 0.4) is 0 Å². The van der Waals surface area contributed by atoms with Crippen molar-refractivity contribution in [1.29, 1.82) is 5.26 Å². The Balaban J connectivity index is 1.91. The summed E-state index contributed by atoms with van der Waals surface area (Å²) in [6, 6.07) is 22.5. The predicted octanol–water partition coefficient (Wildman–Crippen LogP) is 4.84. The van der Waals surface area contributed by atoms with Crippen molar-refractivity contribution in [2.24, 2.45) is 0 Å². The Morgan fingerprint density at radius 2 is 1.58 bits per heavy atom. The molecule has 0 amide bonds. The molecule has 0 spiro atoms. The van der Waals surface area contributed by atoms with E-state index in [1.54, 1.807) is 22.8 Å². The van der Waals surface area contributed by atoms with E-state index in [9.17, 15) is 10.1 Å². The molecule has 0 radical (unpaired) electrons. The number of Topliss-reactive ketones (excluding diaryl/α,β-unsaturated/α-hetero) is 1. The fourth-order valence-electron chi connectivity index (χ4n) is 4.11. The minimum absolute atomic E-state index is 0.235. The third-order valence-electron chi connectivity index (χ3n) is 5.51. The molecular formula is C25H18N2O4. The van der Waals surface area contributed by atoms with Gasteiger partial charge in [0.2, 0.25) is 5.78 Å². The molecule has 3 aromatic carbocycles. The van der Waals surface area contributed by atoms with Crippen molar-refractivity contribution in [3.63, 3.8) is 0 Å². The minimum Gasteiger partial charge on any atom is -0.493 e. The molecule has 1 aliphatic heterocycles. The van der Waals surface area contributed by atoms with E-state index < -0.39 is 6.10 Å². The van der Waals surface area contributed by atoms with Gasteiger partial charge in [-0.3, -0.25) is 9.36 Å². The van der Waals surface area contributed by atoms with Crippen molar-refractivity contribution in [2.75, 3.05) is 14.2 Å². The van der Waals surface area contributed by atoms with E-state index >= 15 is 0 Å². The van der Waals surface area contributed by atoms with Gasteiger partial charge in [-0.1, -0.05) is 42.5 Å². The van der Waals surface area contributed by atoms with Gasteiger partial charge in [0.25, 0.3) is 0 Å². The van der Waals surface area contributed by atoms with Crippen molar-refractivity contribution < 1.29 is 19.0 Å². The molecule has 1 atom stereocenters. The smallest absolute Gasteiger partial charge is 0.225 e. The number of hydrogen-bond acceptors (Lipinski definition) is 5. The lowest BCUT2D eigenvalue weighted by Crippen LogP contribution is -2.19. The van der Waals surface area contributed by atoms with Crippen LogP contribution in [0, 0.1) is 11.3 Å². The first-order valence-electron chi connectivity index (χ1n) is 9.73. The molecule has 1 aromatic heterocycles. The fraction of sp³-hybridized carbons (Fsp3) is 0.120. The molecule has 0 bridgehead atoms. The van der Waals surface area contributed by atoms with Crippen LogP contribution in [0.15, 0.2) is 66.7 Å². The number of fused-ring (bicyclic) bond motifs is 5. The minimum atomic E-state index is -0.846. The summed E-state index contributed by atoms with van der Waals surface area (Å²) in [4.78, 5) is 13.9. The van der Waals surface area contributed by atoms with Crippen molar-refractivity contribution in [3.05, 3.63) is 83.7 Å². The third-order valence-corrected chi connectivity index (χ3v) is 5.51. The first-order valence-corrected chi connectivity index (χ1v) is 9.73. The number of rotatable bonds is 3. The molecule has 2 heterocycles. The highest BCUT2D eigenvalue weighted by atomic mass is 16.5. The molecule has 0 aliphatic carbocycles. The Morgan fingerprint density at radius 1 is 0.935 bits per heavy atom. The molecule has 1 unspecified atom stereocenters. The van der Waals surface area contributed by atoms with Gasteiger partial charge in [0.15, 0.2) is 17.6 Å². The normalized spacial score (nSPS) is 14.7. The number of aromatic nitrogens is 1. The van der Waals surface area contributed by atoms with E-state index in [4.69, 9.17) is 14.2 Å². The van der Waals surface area contributed by atoms with Crippen LogP contribution in [-0.2, 0) is 0 Å². The number of ketones is 1. The van der Waals surface area contributed by atoms with Crippen LogP contribution in [0.4, 0.5) is 0 Å². The Hall–Kier alpha value is -4.24. The van der Waals surface area contributed by atoms with Crippen LogP contribution in [0.2, 0.25) is 0 Å². The van der Waals surface area contributed by atoms with Crippen molar-refractivity contribution in [2.45, 2.75) is 6.10 Å². The molecule has 1 aliphatic rings. The molecule has 6 nitrogen and oxygen atoms in total. The van der Waals surface area contributed by atoms with Gasteiger partial charge < -0.3 is 14.2 Å². The number of nitrogens with zero attached hydrogens (tertiary/aromatic N) is 2. The molecule has 31 heavy (non-hydrogen) atoms. The van der Waals surface area contributed by atoms with Crippen LogP contribution >= 0.6 is 0 Å². The van der Waals surface area contributed by atoms with Gasteiger partial charge >= 0.3 is 0 Å². The Bertz CT molecular complexity index is 1370. The number of benzene rings is 3. The summed E-state index contributed by atoms with van der Waals surface area (Å²) < 4.78 is 18.8. The monoisotopic (exact) mass is 410 g/mol. The Labute approximate surface area is 178 Å². The summed E-state index contributed by atoms with van der Waals surface area (Å²) in [5.41, 5.74) is 2.09. The van der Waals surface area contributed by atoms with Crippen LogP contribution in [0.25, 0.3) is 16.5 Å². The second kappa shape index (κ2) is 7.22. The zero-order valence-electron chi connectivity index (χ0n) is 17.0. The highest BCUT2D eigenvalue weighted by Gasteiger charge is 2.35. The standard InChI is InChI=1S/C25H18N2O4/c1-29-21-12-16-17(13-22(21)30-2)23-24(28)25(15-8-4-3-5-9-15)31-20-11-7-6-10-18(20)27(23)19(16)14-26/h3-13,25H,1-2H3. The second-order valence-corrected chi connectivity index (χ2v) is 7.14. The fourth-order valence-corrected chi connectivity index (χ4v) is 4.11. The summed E-state index contributed by atoms with van der Waals surface area (Å²) in [7, 11) is 3.08. The molecule has 0 fully saturated rings. The summed E-state index contributed by atoms with van der Waals surface area (Å²) >= 11 is 0. The van der Waals surface area contributed by atoms with E-state index in [0.29, 0.717) is 45.1 Å². The number of nitriles is 1. The largest absolute Gasteiger partial charge is 0.493 e. The number of carbonyl (C=O) groups excluding carboxylic acids is 1. The molecular weight excluding hydrogens is 392 g/mol. The molecule has 0 N–H and O–H groups in total. The average molecular weight is 410 g/mol. The molecule has 4 aromatic rings. The van der Waals surface area contributed by atoms with E-state index in [1.807, 2.05) is 48.5 Å². The van der Waals surface area contributed by atoms with Gasteiger partial charge in [-0.15, -0.1) is 0 Å². The maximum atomic E-state index is 13.9. The number of para-hydroxylation sites is 2. The quantitative estimate of drug-likeness (QED) is 0.483. The lowest BCUT2D eigenvalue weighted by Gasteiger charge is -2.16. The SMILES string of the molecule is COc1cc2c(C#N)n3c(c2cc1OC)C(=O)C(c1ccccc1)Oc1ccccc1-3. The van der Waals surface area contributed by atoms with Gasteiger partial charge in [0.05, 0.1) is 19.9 Å². The Morgan fingerprint density at radius 3 is 2.26 bits per heavy atom. The lowest BCUT2D eigenvalue weighted by atomic mass is 10.0. The maximum Gasteiger partial charge on any atom is 0.225 e. The van der Waals surface area contributed by atoms with Crippen LogP contribution in [-0.4, -0.2) is 24.6 Å². The highest BCUT2D eigenvalue weighted by Crippen LogP contribution is 2.43. The summed E-state index contributed by atoms with van der Waals surface area (Å²) in [6.45, 7) is 0. The number of methoxy groups -OCH3 is 2. The zero-order chi connectivity index (χ0) is 21.5. The van der Waals surface area contributed by atoms with E-state index in [0.717, 1.165) is 5.56 Å². The maximum absolute atomic E-state index is 13.9. The molecule has 0 saturated carbocycles. The summed E-state index contributed by atoms with van der Waals surface area (Å²) in [5.74, 6) is 1.26. The average Bonchev–Trinajstić information content (AvgIpc) is 3.07. The zero-order valence-corrected chi connectivity index (χ0v) is 17.0. The summed E-state index contributed by atoms with van der Waals surface area (Å²) in [5, 5.41) is 11.3. The number of hydrogen-bond donors (Lipinski definition) is 0. The van der Waals surface area contributed by atoms with Crippen LogP contribution in [0.1, 0.15) is 27.8 Å². The number of carbonyl (C=O) groups is 1. The third kappa shape index (κ3) is 2.75. The molecule has 6 heteroatoms. The van der Waals surface area contributed by atoms with Gasteiger partial charge in [0.1, 0.15) is 23.2 Å². The predicted molar refractivity (Wildman–Crippen MR) is 115 cm³/mol. The lowest BCUT2D eigenvalue weighted by molar-refractivity contribution is 0.0797. The molecule has 152 valence electrons. The highest BCUT2D eigenvalue weighted by molar-refractivity contribution is 6.13. The van der Waals surface area contributed by atoms with Gasteiger partial charge in [-0.25, -0.2) is 0 Å². The van der Waals surface area contributed by atoms with E-state index in [-0.39, 0.29) is 5.78 Å². The molecule has 0 saturated heterocycles. The van der Waals surface area contributed by atoms with Crippen LogP contribution in [0.5, 0.6) is 17.2 Å². The van der Waals surface area contributed by atoms with E-state index in [2.05, 4.69) is 6.07 Å². The Kier molecular flexibility index (Phi) is 4.37. The van der Waals surface area contributed by atoms with Crippen molar-refractivity contribution >= 4 is 16.6 Å². The van der Waals surface area contributed by atoms with Gasteiger partial charge in [-0.05, 0) is 24.3 Å². The van der Waals surface area contributed by atoms with Gasteiger partial charge in [0, 0.05) is 16.3 Å². The first-order chi connectivity index (χ1) is 15.2. The van der Waals surface area contributed by atoms with E-state index in [1.165, 1.54) is 14.2 Å². The summed E-state index contributed by atoms with van der Waals surface area (Å²) in [6.07, 6.45) is -0.846. The van der Waals surface area contributed by atoms with Crippen molar-refractivity contribution in [1.82, 2.24) is 4.57 Å². The molecule has 5 rings (SSSR count). The van der Waals surface area contributed by atoms with Gasteiger partial charge in [-0.2, -0.15) is 5.26 Å². The first kappa shape index (κ1) is 18.8. The van der Waals surface area contributed by atoms with Crippen LogP contribution < -0.4 is 14.2 Å². The van der Waals surface area contributed by atoms with Crippen molar-refractivity contribution in [3.8, 4) is 29.0 Å². The topological polar surface area (TPSA) is 73.5 Å².